The van der Waals surface area contributed by atoms with Crippen LogP contribution < -0.4 is 4.90 Å². The van der Waals surface area contributed by atoms with Crippen molar-refractivity contribution in [1.29, 1.82) is 0 Å². The van der Waals surface area contributed by atoms with Gasteiger partial charge in [0.15, 0.2) is 15.0 Å². The van der Waals surface area contributed by atoms with E-state index >= 15 is 0 Å². The fourth-order valence-electron chi connectivity index (χ4n) is 3.86. The maximum absolute atomic E-state index is 13.0. The molecule has 0 bridgehead atoms. The van der Waals surface area contributed by atoms with Crippen molar-refractivity contribution < 1.29 is 8.42 Å². The highest BCUT2D eigenvalue weighted by Gasteiger charge is 2.32. The largest absolute Gasteiger partial charge is 0.348 e. The first-order valence-electron chi connectivity index (χ1n) is 10.1. The molecule has 0 unspecified atom stereocenters. The third-order valence-corrected chi connectivity index (χ3v) is 9.55. The van der Waals surface area contributed by atoms with E-state index in [1.165, 1.54) is 16.7 Å². The molecule has 1 aliphatic heterocycles. The molecule has 0 radical (unpaired) electrons. The van der Waals surface area contributed by atoms with Crippen molar-refractivity contribution in [3.05, 3.63) is 64.5 Å². The van der Waals surface area contributed by atoms with Gasteiger partial charge in [-0.3, -0.25) is 0 Å². The smallest absolute Gasteiger partial charge is 0.185 e. The predicted octanol–water partition coefficient (Wildman–Crippen LogP) is 5.76. The van der Waals surface area contributed by atoms with Crippen molar-refractivity contribution in [2.24, 2.45) is 0 Å². The Hall–Kier alpha value is -1.70. The number of aromatic nitrogens is 1. The summed E-state index contributed by atoms with van der Waals surface area (Å²) in [5.74, 6) is 0. The highest BCUT2D eigenvalue weighted by atomic mass is 79.9. The Balaban J connectivity index is 1.46. The van der Waals surface area contributed by atoms with Crippen LogP contribution in [0.4, 0.5) is 5.13 Å². The standard InChI is InChI=1S/C23H25BrN2O2S2/c1-16-3-4-17(2)21(13-16)22-15-29-23(25-22)26-11-9-20(10-12-26)30(27,28)19-7-5-18(14-24)6-8-19/h3-8,13,15,20H,9-12,14H2,1-2H3. The number of nitrogens with zero attached hydrogens (tertiary/aromatic N) is 2. The van der Waals surface area contributed by atoms with E-state index in [2.05, 4.69) is 58.3 Å². The van der Waals surface area contributed by atoms with Crippen LogP contribution in [-0.4, -0.2) is 31.7 Å². The van der Waals surface area contributed by atoms with Crippen LogP contribution in [0.3, 0.4) is 0 Å². The maximum Gasteiger partial charge on any atom is 0.185 e. The first-order chi connectivity index (χ1) is 14.4. The van der Waals surface area contributed by atoms with Crippen molar-refractivity contribution >= 4 is 42.2 Å². The van der Waals surface area contributed by atoms with Crippen LogP contribution in [0.15, 0.2) is 52.7 Å². The Labute approximate surface area is 191 Å². The summed E-state index contributed by atoms with van der Waals surface area (Å²) in [4.78, 5) is 7.51. The second-order valence-corrected chi connectivity index (χ2v) is 11.5. The lowest BCUT2D eigenvalue weighted by atomic mass is 10.0. The van der Waals surface area contributed by atoms with Crippen LogP contribution in [-0.2, 0) is 15.2 Å². The second kappa shape index (κ2) is 8.81. The molecule has 0 N–H and O–H groups in total. The van der Waals surface area contributed by atoms with Gasteiger partial charge in [0.25, 0.3) is 0 Å². The lowest BCUT2D eigenvalue weighted by Gasteiger charge is -2.31. The fourth-order valence-corrected chi connectivity index (χ4v) is 6.85. The van der Waals surface area contributed by atoms with E-state index in [0.717, 1.165) is 21.7 Å². The Morgan fingerprint density at radius 2 is 1.80 bits per heavy atom. The van der Waals surface area contributed by atoms with Crippen LogP contribution >= 0.6 is 27.3 Å². The van der Waals surface area contributed by atoms with Crippen LogP contribution in [0.25, 0.3) is 11.3 Å². The first kappa shape index (κ1) is 21.5. The zero-order valence-corrected chi connectivity index (χ0v) is 20.4. The molecule has 3 aromatic rings. The number of piperidine rings is 1. The van der Waals surface area contributed by atoms with Crippen LogP contribution in [0, 0.1) is 13.8 Å². The number of benzene rings is 2. The quantitative estimate of drug-likeness (QED) is 0.414. The lowest BCUT2D eigenvalue weighted by Crippen LogP contribution is -2.39. The van der Waals surface area contributed by atoms with Crippen molar-refractivity contribution in [1.82, 2.24) is 4.98 Å². The Kier molecular flexibility index (Phi) is 6.32. The van der Waals surface area contributed by atoms with E-state index in [1.54, 1.807) is 23.5 Å². The minimum atomic E-state index is -3.30. The van der Waals surface area contributed by atoms with Crippen LogP contribution in [0.2, 0.25) is 0 Å². The minimum absolute atomic E-state index is 0.331. The molecule has 1 aliphatic rings. The molecule has 4 rings (SSSR count). The van der Waals surface area contributed by atoms with Crippen LogP contribution in [0.1, 0.15) is 29.5 Å². The second-order valence-electron chi connectivity index (χ2n) is 7.84. The van der Waals surface area contributed by atoms with Gasteiger partial charge in [0.2, 0.25) is 0 Å². The summed E-state index contributed by atoms with van der Waals surface area (Å²) in [5, 5.41) is 3.47. The average molecular weight is 506 g/mol. The molecule has 0 spiro atoms. The molecular formula is C23H25BrN2O2S2. The third kappa shape index (κ3) is 4.34. The van der Waals surface area contributed by atoms with Gasteiger partial charge in [0.1, 0.15) is 0 Å². The van der Waals surface area contributed by atoms with E-state index < -0.39 is 9.84 Å². The van der Waals surface area contributed by atoms with Gasteiger partial charge in [-0.25, -0.2) is 13.4 Å². The highest BCUT2D eigenvalue weighted by molar-refractivity contribution is 9.08. The number of aryl methyl sites for hydroxylation is 2. The van der Waals surface area contributed by atoms with Crippen molar-refractivity contribution in [2.75, 3.05) is 18.0 Å². The summed E-state index contributed by atoms with van der Waals surface area (Å²) in [5.41, 5.74) is 5.68. The molecule has 158 valence electrons. The number of rotatable bonds is 5. The van der Waals surface area contributed by atoms with Gasteiger partial charge in [-0.2, -0.15) is 0 Å². The van der Waals surface area contributed by atoms with Crippen molar-refractivity contribution in [3.63, 3.8) is 0 Å². The summed E-state index contributed by atoms with van der Waals surface area (Å²) in [6, 6.07) is 13.6. The number of alkyl halides is 1. The molecule has 30 heavy (non-hydrogen) atoms. The summed E-state index contributed by atoms with van der Waals surface area (Å²) in [6.07, 6.45) is 1.25. The zero-order chi connectivity index (χ0) is 21.3. The van der Waals surface area contributed by atoms with Gasteiger partial charge in [-0.05, 0) is 56.0 Å². The molecule has 0 aliphatic carbocycles. The van der Waals surface area contributed by atoms with E-state index in [4.69, 9.17) is 4.98 Å². The molecule has 2 aromatic carbocycles. The average Bonchev–Trinajstić information content (AvgIpc) is 3.25. The van der Waals surface area contributed by atoms with Crippen LogP contribution in [0.5, 0.6) is 0 Å². The number of hydrogen-bond acceptors (Lipinski definition) is 5. The van der Waals surface area contributed by atoms with Crippen molar-refractivity contribution in [2.45, 2.75) is 42.2 Å². The molecule has 4 nitrogen and oxygen atoms in total. The van der Waals surface area contributed by atoms with Crippen molar-refractivity contribution in [3.8, 4) is 11.3 Å². The molecule has 0 saturated carbocycles. The van der Waals surface area contributed by atoms with Gasteiger partial charge < -0.3 is 4.90 Å². The third-order valence-electron chi connectivity index (χ3n) is 5.72. The first-order valence-corrected chi connectivity index (χ1v) is 13.6. The maximum atomic E-state index is 13.0. The molecule has 7 heteroatoms. The van der Waals surface area contributed by atoms with E-state index in [0.29, 0.717) is 30.8 Å². The number of thiazole rings is 1. The minimum Gasteiger partial charge on any atom is -0.348 e. The van der Waals surface area contributed by atoms with E-state index in [-0.39, 0.29) is 5.25 Å². The molecule has 0 amide bonds. The Morgan fingerprint density at radius 1 is 1.10 bits per heavy atom. The molecule has 1 saturated heterocycles. The molecule has 0 atom stereocenters. The summed E-state index contributed by atoms with van der Waals surface area (Å²) in [7, 11) is -3.30. The van der Waals surface area contributed by atoms with Gasteiger partial charge in [-0.1, -0.05) is 45.8 Å². The summed E-state index contributed by atoms with van der Waals surface area (Å²) < 4.78 is 26.1. The van der Waals surface area contributed by atoms with Gasteiger partial charge >= 0.3 is 0 Å². The SMILES string of the molecule is Cc1ccc(C)c(-c2csc(N3CCC(S(=O)(=O)c4ccc(CBr)cc4)CC3)n2)c1. The molecule has 1 fully saturated rings. The summed E-state index contributed by atoms with van der Waals surface area (Å²) in [6.45, 7) is 5.62. The topological polar surface area (TPSA) is 50.3 Å². The monoisotopic (exact) mass is 504 g/mol. The molecule has 1 aromatic heterocycles. The van der Waals surface area contributed by atoms with Gasteiger partial charge in [-0.15, -0.1) is 11.3 Å². The lowest BCUT2D eigenvalue weighted by molar-refractivity contribution is 0.529. The summed E-state index contributed by atoms with van der Waals surface area (Å²) >= 11 is 5.04. The number of hydrogen-bond donors (Lipinski definition) is 0. The predicted molar refractivity (Wildman–Crippen MR) is 129 cm³/mol. The normalized spacial score (nSPS) is 15.5. The number of sulfone groups is 1. The number of halogens is 1. The van der Waals surface area contributed by atoms with Gasteiger partial charge in [0.05, 0.1) is 15.8 Å². The van der Waals surface area contributed by atoms with E-state index in [1.807, 2.05) is 12.1 Å². The Morgan fingerprint density at radius 3 is 2.47 bits per heavy atom. The van der Waals surface area contributed by atoms with E-state index in [9.17, 15) is 8.42 Å². The number of anilines is 1. The molecule has 2 heterocycles. The fraction of sp³-hybridized carbons (Fsp3) is 0.348. The Bertz CT molecular complexity index is 1130. The van der Waals surface area contributed by atoms with Gasteiger partial charge in [0, 0.05) is 29.4 Å². The zero-order valence-electron chi connectivity index (χ0n) is 17.1. The molecular weight excluding hydrogens is 480 g/mol. The highest BCUT2D eigenvalue weighted by Crippen LogP contribution is 2.33.